The molecule has 0 atom stereocenters. The zero-order valence-corrected chi connectivity index (χ0v) is 13.2. The molecule has 0 fully saturated rings. The highest BCUT2D eigenvalue weighted by atomic mass is 16.5. The highest BCUT2D eigenvalue weighted by molar-refractivity contribution is 5.99. The summed E-state index contributed by atoms with van der Waals surface area (Å²) in [4.78, 5) is 24.1. The molecular weight excluding hydrogens is 268 g/mol. The lowest BCUT2D eigenvalue weighted by molar-refractivity contribution is 0.0919. The number of carbonyl (C=O) groups is 2. The maximum Gasteiger partial charge on any atom is 0.251 e. The monoisotopic (exact) mass is 292 g/mol. The molecule has 0 saturated heterocycles. The summed E-state index contributed by atoms with van der Waals surface area (Å²) >= 11 is 0. The number of hydrogen-bond donors (Lipinski definition) is 2. The van der Waals surface area contributed by atoms with Crippen LogP contribution in [0.1, 0.15) is 47.9 Å². The van der Waals surface area contributed by atoms with Crippen LogP contribution in [0.25, 0.3) is 0 Å². The summed E-state index contributed by atoms with van der Waals surface area (Å²) < 4.78 is 4.92. The third-order valence-corrected chi connectivity index (χ3v) is 2.69. The van der Waals surface area contributed by atoms with E-state index in [0.717, 1.165) is 6.42 Å². The van der Waals surface area contributed by atoms with Crippen LogP contribution in [-0.2, 0) is 4.74 Å². The van der Waals surface area contributed by atoms with Gasteiger partial charge >= 0.3 is 0 Å². The lowest BCUT2D eigenvalue weighted by atomic mass is 10.1. The van der Waals surface area contributed by atoms with Gasteiger partial charge in [0.15, 0.2) is 0 Å². The lowest BCUT2D eigenvalue weighted by Gasteiger charge is -2.20. The molecule has 0 saturated carbocycles. The summed E-state index contributed by atoms with van der Waals surface area (Å²) in [5.41, 5.74) is 0.652. The molecule has 116 valence electrons. The van der Waals surface area contributed by atoms with Crippen molar-refractivity contribution in [3.05, 3.63) is 35.4 Å². The molecule has 1 aromatic carbocycles. The third kappa shape index (κ3) is 6.40. The van der Waals surface area contributed by atoms with Crippen molar-refractivity contribution in [1.29, 1.82) is 0 Å². The van der Waals surface area contributed by atoms with Gasteiger partial charge in [0.25, 0.3) is 11.8 Å². The van der Waals surface area contributed by atoms with Gasteiger partial charge in [-0.05, 0) is 45.4 Å². The van der Waals surface area contributed by atoms with E-state index >= 15 is 0 Å². The van der Waals surface area contributed by atoms with E-state index in [0.29, 0.717) is 24.3 Å². The topological polar surface area (TPSA) is 67.4 Å². The van der Waals surface area contributed by atoms with Crippen molar-refractivity contribution >= 4 is 11.8 Å². The molecular formula is C16H24N2O3. The summed E-state index contributed by atoms with van der Waals surface area (Å²) in [6.45, 7) is 6.89. The number of ether oxygens (including phenoxy) is 1. The highest BCUT2D eigenvalue weighted by Gasteiger charge is 2.16. The summed E-state index contributed by atoms with van der Waals surface area (Å²) in [5.74, 6) is -0.368. The molecule has 0 aliphatic carbocycles. The van der Waals surface area contributed by atoms with Crippen molar-refractivity contribution in [2.24, 2.45) is 0 Å². The quantitative estimate of drug-likeness (QED) is 0.788. The van der Waals surface area contributed by atoms with Crippen LogP contribution in [0.15, 0.2) is 24.3 Å². The van der Waals surface area contributed by atoms with E-state index in [2.05, 4.69) is 10.6 Å². The first-order chi connectivity index (χ1) is 9.83. The first kappa shape index (κ1) is 17.2. The van der Waals surface area contributed by atoms with E-state index in [1.807, 2.05) is 20.8 Å². The van der Waals surface area contributed by atoms with Crippen molar-refractivity contribution in [3.8, 4) is 0 Å². The summed E-state index contributed by atoms with van der Waals surface area (Å²) in [6.07, 6.45) is 0.756. The minimum absolute atomic E-state index is 0.184. The molecule has 2 N–H and O–H groups in total. The Kier molecular flexibility index (Phi) is 6.37. The number of carbonyl (C=O) groups excluding carboxylic acids is 2. The number of benzene rings is 1. The molecule has 2 amide bonds. The van der Waals surface area contributed by atoms with Gasteiger partial charge in [0, 0.05) is 36.9 Å². The Hall–Kier alpha value is -1.88. The van der Waals surface area contributed by atoms with Crippen LogP contribution in [0.4, 0.5) is 0 Å². The third-order valence-electron chi connectivity index (χ3n) is 2.69. The van der Waals surface area contributed by atoms with E-state index in [9.17, 15) is 9.59 Å². The second-order valence-corrected chi connectivity index (χ2v) is 5.89. The van der Waals surface area contributed by atoms with Gasteiger partial charge in [-0.3, -0.25) is 9.59 Å². The predicted molar refractivity (Wildman–Crippen MR) is 82.5 cm³/mol. The number of rotatable bonds is 6. The molecule has 0 aromatic heterocycles. The second kappa shape index (κ2) is 7.78. The van der Waals surface area contributed by atoms with Crippen molar-refractivity contribution in [1.82, 2.24) is 10.6 Å². The fraction of sp³-hybridized carbons (Fsp3) is 0.500. The number of methoxy groups -OCH3 is 1. The Morgan fingerprint density at radius 2 is 1.76 bits per heavy atom. The maximum atomic E-state index is 12.1. The zero-order chi connectivity index (χ0) is 15.9. The average molecular weight is 292 g/mol. The molecule has 0 spiro atoms. The van der Waals surface area contributed by atoms with Crippen molar-refractivity contribution in [2.75, 3.05) is 20.3 Å². The van der Waals surface area contributed by atoms with Crippen molar-refractivity contribution < 1.29 is 14.3 Å². The van der Waals surface area contributed by atoms with E-state index in [1.165, 1.54) is 0 Å². The first-order valence-electron chi connectivity index (χ1n) is 7.03. The van der Waals surface area contributed by atoms with Crippen molar-refractivity contribution in [2.45, 2.75) is 32.7 Å². The number of nitrogens with one attached hydrogen (secondary N) is 2. The second-order valence-electron chi connectivity index (χ2n) is 5.89. The minimum Gasteiger partial charge on any atom is -0.385 e. The fourth-order valence-corrected chi connectivity index (χ4v) is 1.73. The van der Waals surface area contributed by atoms with Gasteiger partial charge in [0.1, 0.15) is 0 Å². The standard InChI is InChI=1S/C16H24N2O3/c1-16(2,3)18-15(20)13-8-5-7-12(11-13)14(19)17-9-6-10-21-4/h5,7-8,11H,6,9-10H2,1-4H3,(H,17,19)(H,18,20). The van der Waals surface area contributed by atoms with E-state index in [1.54, 1.807) is 31.4 Å². The molecule has 0 heterocycles. The van der Waals surface area contributed by atoms with Crippen LogP contribution in [0, 0.1) is 0 Å². The molecule has 0 aliphatic heterocycles. The van der Waals surface area contributed by atoms with Crippen LogP contribution in [0.3, 0.4) is 0 Å². The number of amides is 2. The van der Waals surface area contributed by atoms with E-state index in [-0.39, 0.29) is 17.4 Å². The molecule has 0 radical (unpaired) electrons. The van der Waals surface area contributed by atoms with Gasteiger partial charge in [-0.2, -0.15) is 0 Å². The Morgan fingerprint density at radius 1 is 1.14 bits per heavy atom. The smallest absolute Gasteiger partial charge is 0.251 e. The Balaban J connectivity index is 2.67. The fourth-order valence-electron chi connectivity index (χ4n) is 1.73. The van der Waals surface area contributed by atoms with Crippen LogP contribution in [0.2, 0.25) is 0 Å². The molecule has 0 unspecified atom stereocenters. The van der Waals surface area contributed by atoms with Crippen LogP contribution < -0.4 is 10.6 Å². The van der Waals surface area contributed by atoms with Gasteiger partial charge < -0.3 is 15.4 Å². The molecule has 5 nitrogen and oxygen atoms in total. The van der Waals surface area contributed by atoms with E-state index < -0.39 is 0 Å². The van der Waals surface area contributed by atoms with Gasteiger partial charge in [0.05, 0.1) is 0 Å². The Morgan fingerprint density at radius 3 is 2.33 bits per heavy atom. The summed E-state index contributed by atoms with van der Waals surface area (Å²) in [7, 11) is 1.62. The summed E-state index contributed by atoms with van der Waals surface area (Å²) in [6, 6.07) is 6.71. The van der Waals surface area contributed by atoms with Crippen molar-refractivity contribution in [3.63, 3.8) is 0 Å². The SMILES string of the molecule is COCCCNC(=O)c1cccc(C(=O)NC(C)(C)C)c1. The average Bonchev–Trinajstić information content (AvgIpc) is 2.41. The molecule has 1 rings (SSSR count). The molecule has 5 heteroatoms. The normalized spacial score (nSPS) is 11.0. The van der Waals surface area contributed by atoms with E-state index in [4.69, 9.17) is 4.74 Å². The first-order valence-corrected chi connectivity index (χ1v) is 7.03. The minimum atomic E-state index is -0.310. The maximum absolute atomic E-state index is 12.1. The van der Waals surface area contributed by atoms with Crippen LogP contribution in [-0.4, -0.2) is 37.6 Å². The highest BCUT2D eigenvalue weighted by Crippen LogP contribution is 2.08. The van der Waals surface area contributed by atoms with Gasteiger partial charge in [0.2, 0.25) is 0 Å². The van der Waals surface area contributed by atoms with Crippen LogP contribution in [0.5, 0.6) is 0 Å². The largest absolute Gasteiger partial charge is 0.385 e. The van der Waals surface area contributed by atoms with Gasteiger partial charge in [-0.15, -0.1) is 0 Å². The summed E-state index contributed by atoms with van der Waals surface area (Å²) in [5, 5.41) is 5.67. The lowest BCUT2D eigenvalue weighted by Crippen LogP contribution is -2.40. The molecule has 21 heavy (non-hydrogen) atoms. The Bertz CT molecular complexity index is 493. The van der Waals surface area contributed by atoms with Gasteiger partial charge in [-0.25, -0.2) is 0 Å². The van der Waals surface area contributed by atoms with Gasteiger partial charge in [-0.1, -0.05) is 6.07 Å². The molecule has 0 aliphatic rings. The predicted octanol–water partition coefficient (Wildman–Crippen LogP) is 1.98. The Labute approximate surface area is 126 Å². The van der Waals surface area contributed by atoms with Crippen LogP contribution >= 0.6 is 0 Å². The number of hydrogen-bond acceptors (Lipinski definition) is 3. The zero-order valence-electron chi connectivity index (χ0n) is 13.2. The molecule has 0 bridgehead atoms. The molecule has 1 aromatic rings.